The number of nitrogens with two attached hydrogens (primary N) is 1. The number of para-hydroxylation sites is 2. The van der Waals surface area contributed by atoms with Crippen molar-refractivity contribution in [2.75, 3.05) is 30.3 Å². The first kappa shape index (κ1) is 20.0. The number of hydrogen-bond donors (Lipinski definition) is 1. The molecule has 148 valence electrons. The van der Waals surface area contributed by atoms with E-state index in [0.717, 1.165) is 49.6 Å². The first-order chi connectivity index (χ1) is 12.8. The van der Waals surface area contributed by atoms with E-state index in [1.54, 1.807) is 0 Å². The van der Waals surface area contributed by atoms with Crippen LogP contribution in [0.1, 0.15) is 30.1 Å². The minimum Gasteiger partial charge on any atom is -0.397 e. The average molecular weight is 387 g/mol. The highest BCUT2D eigenvalue weighted by molar-refractivity contribution is 6.76. The predicted molar refractivity (Wildman–Crippen MR) is 116 cm³/mol. The number of hydrogen-bond acceptors (Lipinski definition) is 4. The summed E-state index contributed by atoms with van der Waals surface area (Å²) in [5.41, 5.74) is 10.7. The van der Waals surface area contributed by atoms with Gasteiger partial charge in [0, 0.05) is 39.4 Å². The van der Waals surface area contributed by atoms with Crippen molar-refractivity contribution in [1.82, 2.24) is 9.55 Å². The monoisotopic (exact) mass is 386 g/mol. The van der Waals surface area contributed by atoms with Gasteiger partial charge in [0.1, 0.15) is 6.73 Å². The van der Waals surface area contributed by atoms with Crippen LogP contribution < -0.4 is 10.6 Å². The maximum atomic E-state index is 6.16. The number of benzene rings is 1. The molecule has 3 rings (SSSR count). The maximum Gasteiger partial charge on any atom is 0.124 e. The Morgan fingerprint density at radius 2 is 1.89 bits per heavy atom. The molecule has 0 radical (unpaired) electrons. The molecule has 5 nitrogen and oxygen atoms in total. The van der Waals surface area contributed by atoms with E-state index in [0.29, 0.717) is 12.6 Å². The summed E-state index contributed by atoms with van der Waals surface area (Å²) >= 11 is 0. The van der Waals surface area contributed by atoms with Crippen LogP contribution in [0.4, 0.5) is 11.4 Å². The minimum atomic E-state index is -1.05. The highest BCUT2D eigenvalue weighted by Gasteiger charge is 2.26. The van der Waals surface area contributed by atoms with Crippen LogP contribution in [0, 0.1) is 6.92 Å². The first-order valence-electron chi connectivity index (χ1n) is 10.0. The van der Waals surface area contributed by atoms with Gasteiger partial charge in [-0.2, -0.15) is 0 Å². The lowest BCUT2D eigenvalue weighted by Crippen LogP contribution is -2.34. The van der Waals surface area contributed by atoms with Crippen molar-refractivity contribution in [3.05, 3.63) is 42.0 Å². The molecule has 0 aliphatic carbocycles. The van der Waals surface area contributed by atoms with Crippen molar-refractivity contribution >= 4 is 19.4 Å². The second-order valence-electron chi connectivity index (χ2n) is 8.85. The fourth-order valence-corrected chi connectivity index (χ4v) is 4.59. The molecule has 1 aliphatic heterocycles. The molecule has 6 heteroatoms. The molecule has 2 N–H and O–H groups in total. The number of ether oxygens (including phenoxy) is 1. The molecule has 1 saturated heterocycles. The number of piperidine rings is 1. The molecule has 0 bridgehead atoms. The molecule has 2 aromatic rings. The fourth-order valence-electron chi connectivity index (χ4n) is 3.84. The van der Waals surface area contributed by atoms with Crippen molar-refractivity contribution in [2.24, 2.45) is 0 Å². The maximum absolute atomic E-state index is 6.16. The topological polar surface area (TPSA) is 56.3 Å². The van der Waals surface area contributed by atoms with Crippen LogP contribution in [0.15, 0.2) is 30.6 Å². The van der Waals surface area contributed by atoms with E-state index in [1.807, 2.05) is 18.5 Å². The predicted octanol–water partition coefficient (Wildman–Crippen LogP) is 4.47. The lowest BCUT2D eigenvalue weighted by molar-refractivity contribution is 0.0841. The van der Waals surface area contributed by atoms with Gasteiger partial charge in [-0.05, 0) is 37.9 Å². The molecule has 0 saturated carbocycles. The second kappa shape index (κ2) is 8.48. The Morgan fingerprint density at radius 3 is 2.56 bits per heavy atom. The van der Waals surface area contributed by atoms with Crippen molar-refractivity contribution in [3.63, 3.8) is 0 Å². The lowest BCUT2D eigenvalue weighted by Gasteiger charge is -2.34. The number of imidazole rings is 1. The van der Waals surface area contributed by atoms with E-state index in [1.165, 1.54) is 11.7 Å². The van der Waals surface area contributed by atoms with Crippen LogP contribution in [0.3, 0.4) is 0 Å². The Balaban J connectivity index is 1.59. The summed E-state index contributed by atoms with van der Waals surface area (Å²) in [7, 11) is -1.05. The minimum absolute atomic E-state index is 0.536. The molecular formula is C21H34N4OSi. The number of nitrogens with zero attached hydrogens (tertiary/aromatic N) is 3. The molecular weight excluding hydrogens is 352 g/mol. The van der Waals surface area contributed by atoms with Crippen LogP contribution in [0.2, 0.25) is 25.7 Å². The van der Waals surface area contributed by atoms with Crippen molar-refractivity contribution in [3.8, 4) is 0 Å². The molecule has 0 spiro atoms. The van der Waals surface area contributed by atoms with E-state index >= 15 is 0 Å². The van der Waals surface area contributed by atoms with Crippen LogP contribution in [-0.2, 0) is 11.5 Å². The molecule has 2 heterocycles. The smallest absolute Gasteiger partial charge is 0.124 e. The van der Waals surface area contributed by atoms with Gasteiger partial charge in [-0.3, -0.25) is 0 Å². The molecule has 1 aromatic carbocycles. The summed E-state index contributed by atoms with van der Waals surface area (Å²) in [4.78, 5) is 6.98. The van der Waals surface area contributed by atoms with E-state index in [-0.39, 0.29) is 0 Å². The molecule has 0 atom stereocenters. The largest absolute Gasteiger partial charge is 0.397 e. The summed E-state index contributed by atoms with van der Waals surface area (Å²) in [6.07, 6.45) is 4.19. The third-order valence-electron chi connectivity index (χ3n) is 5.46. The quantitative estimate of drug-likeness (QED) is 0.433. The lowest BCUT2D eigenvalue weighted by atomic mass is 9.92. The van der Waals surface area contributed by atoms with E-state index < -0.39 is 8.07 Å². The average Bonchev–Trinajstić information content (AvgIpc) is 2.99. The van der Waals surface area contributed by atoms with Gasteiger partial charge in [0.2, 0.25) is 0 Å². The summed E-state index contributed by atoms with van der Waals surface area (Å²) in [6.45, 7) is 12.8. The van der Waals surface area contributed by atoms with Crippen molar-refractivity contribution in [1.29, 1.82) is 0 Å². The zero-order valence-corrected chi connectivity index (χ0v) is 18.2. The highest BCUT2D eigenvalue weighted by atomic mass is 28.3. The molecule has 0 amide bonds. The third-order valence-corrected chi connectivity index (χ3v) is 7.16. The van der Waals surface area contributed by atoms with Crippen LogP contribution >= 0.6 is 0 Å². The van der Waals surface area contributed by atoms with Crippen LogP contribution in [0.25, 0.3) is 0 Å². The van der Waals surface area contributed by atoms with Gasteiger partial charge >= 0.3 is 0 Å². The number of aryl methyl sites for hydroxylation is 1. The van der Waals surface area contributed by atoms with Gasteiger partial charge in [-0.15, -0.1) is 0 Å². The SMILES string of the molecule is Cc1ncn(COCC[Si](C)(C)C)c1C1CCN(c2ccccc2N)CC1. The Hall–Kier alpha value is -1.79. The van der Waals surface area contributed by atoms with Gasteiger partial charge in [0.05, 0.1) is 23.4 Å². The molecule has 1 fully saturated rings. The van der Waals surface area contributed by atoms with E-state index in [9.17, 15) is 0 Å². The van der Waals surface area contributed by atoms with Crippen molar-refractivity contribution < 1.29 is 4.74 Å². The molecule has 1 aromatic heterocycles. The van der Waals surface area contributed by atoms with Crippen LogP contribution in [0.5, 0.6) is 0 Å². The normalized spacial score (nSPS) is 16.1. The summed E-state index contributed by atoms with van der Waals surface area (Å²) in [5, 5.41) is 0. The zero-order valence-electron chi connectivity index (χ0n) is 17.2. The Morgan fingerprint density at radius 1 is 1.19 bits per heavy atom. The number of rotatable bonds is 7. The Labute approximate surface area is 164 Å². The van der Waals surface area contributed by atoms with Gasteiger partial charge < -0.3 is 19.9 Å². The first-order valence-corrected chi connectivity index (χ1v) is 13.7. The van der Waals surface area contributed by atoms with Gasteiger partial charge in [-0.25, -0.2) is 4.98 Å². The third kappa shape index (κ3) is 5.14. The Bertz CT molecular complexity index is 745. The number of aromatic nitrogens is 2. The fraction of sp³-hybridized carbons (Fsp3) is 0.571. The number of nitrogen functional groups attached to an aromatic ring is 1. The molecule has 1 aliphatic rings. The van der Waals surface area contributed by atoms with Gasteiger partial charge in [0.25, 0.3) is 0 Å². The Kier molecular flexibility index (Phi) is 6.27. The standard InChI is InChI=1S/C21H34N4OSi/c1-17-21(25(15-23-17)16-26-13-14-27(2,3)4)18-9-11-24(12-10-18)20-8-6-5-7-19(20)22/h5-8,15,18H,9-14,16,22H2,1-4H3. The van der Waals surface area contributed by atoms with E-state index in [4.69, 9.17) is 10.5 Å². The summed E-state index contributed by atoms with van der Waals surface area (Å²) in [6, 6.07) is 9.37. The summed E-state index contributed by atoms with van der Waals surface area (Å²) < 4.78 is 8.20. The second-order valence-corrected chi connectivity index (χ2v) is 14.5. The molecule has 0 unspecified atom stereocenters. The van der Waals surface area contributed by atoms with Crippen LogP contribution in [-0.4, -0.2) is 37.3 Å². The van der Waals surface area contributed by atoms with Gasteiger partial charge in [-0.1, -0.05) is 31.8 Å². The number of anilines is 2. The van der Waals surface area contributed by atoms with Gasteiger partial charge in [0.15, 0.2) is 0 Å². The molecule has 27 heavy (non-hydrogen) atoms. The zero-order chi connectivity index (χ0) is 19.4. The van der Waals surface area contributed by atoms with E-state index in [2.05, 4.69) is 53.1 Å². The van der Waals surface area contributed by atoms with Crippen molar-refractivity contribution in [2.45, 2.75) is 58.1 Å². The highest BCUT2D eigenvalue weighted by Crippen LogP contribution is 2.33. The summed E-state index contributed by atoms with van der Waals surface area (Å²) in [5.74, 6) is 0.536.